The third-order valence-electron chi connectivity index (χ3n) is 5.42. The zero-order valence-corrected chi connectivity index (χ0v) is 18.4. The minimum absolute atomic E-state index is 0.0253. The molecule has 32 heavy (non-hydrogen) atoms. The topological polar surface area (TPSA) is 142 Å². The van der Waals surface area contributed by atoms with Gasteiger partial charge in [0.15, 0.2) is 0 Å². The fraction of sp³-hybridized carbons (Fsp3) is 0.409. The number of carboxylic acid groups (broad SMARTS) is 1. The Labute approximate surface area is 187 Å². The summed E-state index contributed by atoms with van der Waals surface area (Å²) in [7, 11) is -4.11. The molecule has 3 rings (SSSR count). The lowest BCUT2D eigenvalue weighted by molar-refractivity contribution is -0.145. The number of amides is 1. The Morgan fingerprint density at radius 1 is 1.12 bits per heavy atom. The summed E-state index contributed by atoms with van der Waals surface area (Å²) < 4.78 is 27.4. The molecule has 0 radical (unpaired) electrons. The molecule has 1 aliphatic rings. The number of aliphatic hydroxyl groups is 1. The maximum absolute atomic E-state index is 13.3. The van der Waals surface area contributed by atoms with Crippen LogP contribution in [-0.2, 0) is 21.3 Å². The van der Waals surface area contributed by atoms with E-state index in [-0.39, 0.29) is 17.4 Å². The third kappa shape index (κ3) is 6.42. The number of nitrogen functional groups attached to an aromatic ring is 1. The van der Waals surface area contributed by atoms with Gasteiger partial charge in [0.2, 0.25) is 0 Å². The van der Waals surface area contributed by atoms with Gasteiger partial charge in [-0.3, -0.25) is 4.84 Å². The Morgan fingerprint density at radius 2 is 1.75 bits per heavy atom. The number of nitrogens with one attached hydrogen (secondary N) is 1. The molecule has 2 atom stereocenters. The van der Waals surface area contributed by atoms with Crippen molar-refractivity contribution in [2.75, 3.05) is 12.3 Å². The van der Waals surface area contributed by atoms with E-state index >= 15 is 0 Å². The highest BCUT2D eigenvalue weighted by Gasteiger charge is 2.34. The number of sulfonamides is 1. The zero-order valence-electron chi connectivity index (χ0n) is 17.6. The van der Waals surface area contributed by atoms with Gasteiger partial charge in [0.1, 0.15) is 0 Å². The summed E-state index contributed by atoms with van der Waals surface area (Å²) in [5.74, 6) is 0. The van der Waals surface area contributed by atoms with Crippen molar-refractivity contribution in [1.29, 1.82) is 0 Å². The SMILES string of the molecule is Nc1ccc(S(=O)(=O)N(C[C@@H](O)[C@H](Cc2ccccc2)NC(=O)O)OC2CCCC2)cc1. The average molecular weight is 464 g/mol. The number of aliphatic hydroxyl groups excluding tert-OH is 1. The molecule has 0 aromatic heterocycles. The van der Waals surface area contributed by atoms with Crippen LogP contribution in [0.4, 0.5) is 10.5 Å². The van der Waals surface area contributed by atoms with E-state index in [4.69, 9.17) is 10.6 Å². The number of rotatable bonds is 10. The van der Waals surface area contributed by atoms with Crippen LogP contribution in [0.15, 0.2) is 59.5 Å². The number of hydrogen-bond acceptors (Lipinski definition) is 6. The molecule has 9 nitrogen and oxygen atoms in total. The van der Waals surface area contributed by atoms with Crippen LogP contribution in [-0.4, -0.2) is 54.0 Å². The molecule has 2 aromatic rings. The van der Waals surface area contributed by atoms with Gasteiger partial charge in [-0.15, -0.1) is 0 Å². The fourth-order valence-electron chi connectivity index (χ4n) is 3.71. The van der Waals surface area contributed by atoms with E-state index in [1.54, 1.807) is 24.3 Å². The Bertz CT molecular complexity index is 978. The average Bonchev–Trinajstić information content (AvgIpc) is 3.27. The molecule has 10 heteroatoms. The van der Waals surface area contributed by atoms with Crippen molar-refractivity contribution >= 4 is 21.8 Å². The summed E-state index contributed by atoms with van der Waals surface area (Å²) in [6.07, 6.45) is 0.528. The Kier molecular flexibility index (Phi) is 8.08. The first-order chi connectivity index (χ1) is 15.3. The predicted molar refractivity (Wildman–Crippen MR) is 119 cm³/mol. The summed E-state index contributed by atoms with van der Waals surface area (Å²) in [4.78, 5) is 17.1. The molecular weight excluding hydrogens is 434 g/mol. The highest BCUT2D eigenvalue weighted by Crippen LogP contribution is 2.26. The van der Waals surface area contributed by atoms with Crippen LogP contribution in [0.3, 0.4) is 0 Å². The van der Waals surface area contributed by atoms with E-state index in [1.807, 2.05) is 6.07 Å². The molecule has 0 unspecified atom stereocenters. The molecule has 1 saturated carbocycles. The van der Waals surface area contributed by atoms with E-state index in [1.165, 1.54) is 24.3 Å². The van der Waals surface area contributed by atoms with Gasteiger partial charge < -0.3 is 21.3 Å². The van der Waals surface area contributed by atoms with Crippen molar-refractivity contribution in [3.63, 3.8) is 0 Å². The highest BCUT2D eigenvalue weighted by molar-refractivity contribution is 7.89. The van der Waals surface area contributed by atoms with Crippen LogP contribution >= 0.6 is 0 Å². The molecule has 0 heterocycles. The normalized spacial score (nSPS) is 16.7. The van der Waals surface area contributed by atoms with E-state index in [9.17, 15) is 23.4 Å². The van der Waals surface area contributed by atoms with Gasteiger partial charge in [0, 0.05) is 5.69 Å². The van der Waals surface area contributed by atoms with Crippen LogP contribution in [0.25, 0.3) is 0 Å². The third-order valence-corrected chi connectivity index (χ3v) is 7.06. The van der Waals surface area contributed by atoms with Crippen molar-refractivity contribution < 1.29 is 28.3 Å². The number of benzene rings is 2. The minimum Gasteiger partial charge on any atom is -0.465 e. The lowest BCUT2D eigenvalue weighted by atomic mass is 10.0. The van der Waals surface area contributed by atoms with Gasteiger partial charge in [-0.05, 0) is 49.1 Å². The molecule has 174 valence electrons. The quantitative estimate of drug-likeness (QED) is 0.313. The molecule has 5 N–H and O–H groups in total. The Hall–Kier alpha value is -2.66. The second-order valence-electron chi connectivity index (χ2n) is 7.88. The van der Waals surface area contributed by atoms with Crippen molar-refractivity contribution in [2.24, 2.45) is 0 Å². The summed E-state index contributed by atoms with van der Waals surface area (Å²) >= 11 is 0. The highest BCUT2D eigenvalue weighted by atomic mass is 32.2. The maximum Gasteiger partial charge on any atom is 0.404 e. The van der Waals surface area contributed by atoms with Crippen LogP contribution in [0, 0.1) is 0 Å². The number of carbonyl (C=O) groups is 1. The second kappa shape index (κ2) is 10.8. The van der Waals surface area contributed by atoms with Gasteiger partial charge in [0.05, 0.1) is 29.7 Å². The number of nitrogens with zero attached hydrogens (tertiary/aromatic N) is 1. The number of anilines is 1. The number of hydrogen-bond donors (Lipinski definition) is 4. The van der Waals surface area contributed by atoms with Crippen molar-refractivity contribution in [3.8, 4) is 0 Å². The van der Waals surface area contributed by atoms with Gasteiger partial charge >= 0.3 is 6.09 Å². The molecule has 1 aliphatic carbocycles. The number of hydroxylamine groups is 1. The maximum atomic E-state index is 13.3. The van der Waals surface area contributed by atoms with Crippen LogP contribution < -0.4 is 11.1 Å². The predicted octanol–water partition coefficient (Wildman–Crippen LogP) is 2.37. The molecule has 1 amide bonds. The zero-order chi connectivity index (χ0) is 23.1. The summed E-state index contributed by atoms with van der Waals surface area (Å²) in [5, 5.41) is 22.4. The Balaban J connectivity index is 1.83. The second-order valence-corrected chi connectivity index (χ2v) is 9.71. The van der Waals surface area contributed by atoms with E-state index in [0.29, 0.717) is 18.5 Å². The summed E-state index contributed by atoms with van der Waals surface area (Å²) in [6.45, 7) is -0.430. The smallest absolute Gasteiger partial charge is 0.404 e. The Morgan fingerprint density at radius 3 is 2.34 bits per heavy atom. The molecular formula is C22H29N3O6S. The molecule has 0 bridgehead atoms. The van der Waals surface area contributed by atoms with Crippen molar-refractivity contribution in [1.82, 2.24) is 9.79 Å². The van der Waals surface area contributed by atoms with E-state index in [2.05, 4.69) is 5.32 Å². The first-order valence-electron chi connectivity index (χ1n) is 10.5. The molecule has 0 aliphatic heterocycles. The summed E-state index contributed by atoms with van der Waals surface area (Å²) in [6, 6.07) is 13.8. The van der Waals surface area contributed by atoms with Gasteiger partial charge in [-0.1, -0.05) is 47.6 Å². The van der Waals surface area contributed by atoms with Gasteiger partial charge in [-0.2, -0.15) is 0 Å². The molecule has 2 aromatic carbocycles. The van der Waals surface area contributed by atoms with Crippen LogP contribution in [0.2, 0.25) is 0 Å². The number of nitrogens with two attached hydrogens (primary N) is 1. The molecule has 0 spiro atoms. The minimum atomic E-state index is -4.11. The van der Waals surface area contributed by atoms with Gasteiger partial charge in [-0.25, -0.2) is 13.2 Å². The first kappa shape index (κ1) is 24.0. The molecule has 1 fully saturated rings. The standard InChI is InChI=1S/C22H29N3O6S/c23-17-10-12-19(13-11-17)32(29,30)25(31-18-8-4-5-9-18)15-21(26)20(24-22(27)28)14-16-6-2-1-3-7-16/h1-3,6-7,10-13,18,20-21,24,26H,4-5,8-9,14-15,23H2,(H,27,28)/t20-,21+/m0/s1. The monoisotopic (exact) mass is 463 g/mol. The summed E-state index contributed by atoms with van der Waals surface area (Å²) in [5.41, 5.74) is 6.89. The van der Waals surface area contributed by atoms with Crippen LogP contribution in [0.1, 0.15) is 31.2 Å². The first-order valence-corrected chi connectivity index (χ1v) is 12.0. The lowest BCUT2D eigenvalue weighted by Gasteiger charge is -2.30. The molecule has 0 saturated heterocycles. The lowest BCUT2D eigenvalue weighted by Crippen LogP contribution is -2.50. The van der Waals surface area contributed by atoms with E-state index < -0.39 is 34.8 Å². The fourth-order valence-corrected chi connectivity index (χ4v) is 5.00. The van der Waals surface area contributed by atoms with Gasteiger partial charge in [0.25, 0.3) is 10.0 Å². The van der Waals surface area contributed by atoms with Crippen LogP contribution in [0.5, 0.6) is 0 Å². The van der Waals surface area contributed by atoms with Crippen molar-refractivity contribution in [3.05, 3.63) is 60.2 Å². The van der Waals surface area contributed by atoms with Crippen molar-refractivity contribution in [2.45, 2.75) is 55.2 Å². The van der Waals surface area contributed by atoms with E-state index in [0.717, 1.165) is 22.9 Å². The largest absolute Gasteiger partial charge is 0.465 e.